The number of halogens is 1. The summed E-state index contributed by atoms with van der Waals surface area (Å²) in [5.41, 5.74) is 6.75. The summed E-state index contributed by atoms with van der Waals surface area (Å²) < 4.78 is 6.75. The summed E-state index contributed by atoms with van der Waals surface area (Å²) >= 11 is 2.28. The molecule has 0 aliphatic carbocycles. The van der Waals surface area contributed by atoms with E-state index < -0.39 is 0 Å². The molecular formula is C10H14INO. The second-order valence-electron chi connectivity index (χ2n) is 3.20. The van der Waals surface area contributed by atoms with Gasteiger partial charge < -0.3 is 10.5 Å². The van der Waals surface area contributed by atoms with Gasteiger partial charge in [0.1, 0.15) is 12.4 Å². The predicted molar refractivity (Wildman–Crippen MR) is 63.0 cm³/mol. The normalized spacial score (nSPS) is 12.6. The zero-order chi connectivity index (χ0) is 9.84. The van der Waals surface area contributed by atoms with E-state index in [0.29, 0.717) is 6.61 Å². The molecule has 2 N–H and O–H groups in total. The van der Waals surface area contributed by atoms with Crippen molar-refractivity contribution in [3.63, 3.8) is 0 Å². The van der Waals surface area contributed by atoms with Crippen LogP contribution < -0.4 is 10.5 Å². The van der Waals surface area contributed by atoms with Crippen LogP contribution in [0.1, 0.15) is 12.5 Å². The minimum absolute atomic E-state index is 0.0821. The van der Waals surface area contributed by atoms with Crippen LogP contribution in [0.3, 0.4) is 0 Å². The summed E-state index contributed by atoms with van der Waals surface area (Å²) in [4.78, 5) is 0. The number of hydrogen-bond donors (Lipinski definition) is 1. The number of benzene rings is 1. The Morgan fingerprint density at radius 3 is 2.77 bits per heavy atom. The van der Waals surface area contributed by atoms with Gasteiger partial charge in [-0.15, -0.1) is 0 Å². The largest absolute Gasteiger partial charge is 0.492 e. The van der Waals surface area contributed by atoms with Crippen molar-refractivity contribution in [3.8, 4) is 5.75 Å². The highest BCUT2D eigenvalue weighted by atomic mass is 127. The Bertz CT molecular complexity index is 286. The van der Waals surface area contributed by atoms with Crippen molar-refractivity contribution >= 4 is 22.6 Å². The van der Waals surface area contributed by atoms with Crippen LogP contribution in [0, 0.1) is 10.5 Å². The first-order valence-corrected chi connectivity index (χ1v) is 5.32. The molecule has 1 atom stereocenters. The molecule has 0 aliphatic heterocycles. The molecule has 1 unspecified atom stereocenters. The third kappa shape index (κ3) is 3.52. The summed E-state index contributed by atoms with van der Waals surface area (Å²) in [6, 6.07) is 6.19. The van der Waals surface area contributed by atoms with E-state index in [9.17, 15) is 0 Å². The number of aryl methyl sites for hydroxylation is 1. The van der Waals surface area contributed by atoms with Crippen LogP contribution >= 0.6 is 22.6 Å². The standard InChI is InChI=1S/C10H14INO/c1-7-5-9(11)3-4-10(7)13-6-8(2)12/h3-5,8H,6,12H2,1-2H3. The highest BCUT2D eigenvalue weighted by molar-refractivity contribution is 14.1. The maximum Gasteiger partial charge on any atom is 0.122 e. The molecule has 0 amide bonds. The van der Waals surface area contributed by atoms with Gasteiger partial charge in [0.2, 0.25) is 0 Å². The fraction of sp³-hybridized carbons (Fsp3) is 0.400. The molecule has 1 aromatic carbocycles. The summed E-state index contributed by atoms with van der Waals surface area (Å²) in [5, 5.41) is 0. The van der Waals surface area contributed by atoms with E-state index in [2.05, 4.69) is 28.7 Å². The van der Waals surface area contributed by atoms with E-state index in [1.165, 1.54) is 3.57 Å². The highest BCUT2D eigenvalue weighted by Gasteiger charge is 2.01. The molecule has 2 nitrogen and oxygen atoms in total. The molecule has 0 spiro atoms. The van der Waals surface area contributed by atoms with E-state index in [-0.39, 0.29) is 6.04 Å². The van der Waals surface area contributed by atoms with Crippen molar-refractivity contribution in [2.75, 3.05) is 6.61 Å². The van der Waals surface area contributed by atoms with Gasteiger partial charge in [0.25, 0.3) is 0 Å². The Morgan fingerprint density at radius 1 is 1.54 bits per heavy atom. The first kappa shape index (κ1) is 10.8. The lowest BCUT2D eigenvalue weighted by Crippen LogP contribution is -2.23. The van der Waals surface area contributed by atoms with Crippen LogP contribution in [0.4, 0.5) is 0 Å². The summed E-state index contributed by atoms with van der Waals surface area (Å²) in [5.74, 6) is 0.928. The minimum Gasteiger partial charge on any atom is -0.492 e. The number of ether oxygens (including phenoxy) is 1. The van der Waals surface area contributed by atoms with E-state index >= 15 is 0 Å². The Morgan fingerprint density at radius 2 is 2.23 bits per heavy atom. The smallest absolute Gasteiger partial charge is 0.122 e. The van der Waals surface area contributed by atoms with E-state index in [0.717, 1.165) is 11.3 Å². The number of hydrogen-bond acceptors (Lipinski definition) is 2. The average Bonchev–Trinajstić information content (AvgIpc) is 2.02. The molecule has 3 heteroatoms. The Labute approximate surface area is 92.6 Å². The number of nitrogens with two attached hydrogens (primary N) is 1. The topological polar surface area (TPSA) is 35.2 Å². The lowest BCUT2D eigenvalue weighted by molar-refractivity contribution is 0.294. The second-order valence-corrected chi connectivity index (χ2v) is 4.44. The van der Waals surface area contributed by atoms with Crippen LogP contribution in [0.5, 0.6) is 5.75 Å². The van der Waals surface area contributed by atoms with Crippen molar-refractivity contribution in [1.82, 2.24) is 0 Å². The van der Waals surface area contributed by atoms with Crippen molar-refractivity contribution in [1.29, 1.82) is 0 Å². The van der Waals surface area contributed by atoms with Crippen LogP contribution in [-0.2, 0) is 0 Å². The fourth-order valence-corrected chi connectivity index (χ4v) is 1.64. The third-order valence-electron chi connectivity index (χ3n) is 1.64. The van der Waals surface area contributed by atoms with Gasteiger partial charge in [-0.05, 0) is 60.2 Å². The zero-order valence-electron chi connectivity index (χ0n) is 7.88. The number of rotatable bonds is 3. The van der Waals surface area contributed by atoms with Crippen molar-refractivity contribution in [2.45, 2.75) is 19.9 Å². The van der Waals surface area contributed by atoms with Crippen LogP contribution in [0.15, 0.2) is 18.2 Å². The first-order chi connectivity index (χ1) is 6.09. The molecule has 0 aliphatic rings. The third-order valence-corrected chi connectivity index (χ3v) is 2.31. The van der Waals surface area contributed by atoms with Gasteiger partial charge >= 0.3 is 0 Å². The molecule has 0 saturated carbocycles. The fourth-order valence-electron chi connectivity index (χ4n) is 0.996. The van der Waals surface area contributed by atoms with Crippen molar-refractivity contribution < 1.29 is 4.74 Å². The van der Waals surface area contributed by atoms with E-state index in [1.807, 2.05) is 26.0 Å². The molecule has 1 aromatic rings. The summed E-state index contributed by atoms with van der Waals surface area (Å²) in [7, 11) is 0. The van der Waals surface area contributed by atoms with Crippen LogP contribution in [0.25, 0.3) is 0 Å². The second kappa shape index (κ2) is 4.81. The lowest BCUT2D eigenvalue weighted by Gasteiger charge is -2.10. The summed E-state index contributed by atoms with van der Waals surface area (Å²) in [6.07, 6.45) is 0. The molecule has 0 saturated heterocycles. The predicted octanol–water partition coefficient (Wildman–Crippen LogP) is 2.33. The van der Waals surface area contributed by atoms with Crippen molar-refractivity contribution in [3.05, 3.63) is 27.3 Å². The molecule has 0 aromatic heterocycles. The monoisotopic (exact) mass is 291 g/mol. The Kier molecular flexibility index (Phi) is 3.99. The summed E-state index contributed by atoms with van der Waals surface area (Å²) in [6.45, 7) is 4.54. The van der Waals surface area contributed by atoms with Gasteiger partial charge in [0.15, 0.2) is 0 Å². The Hall–Kier alpha value is -0.290. The zero-order valence-corrected chi connectivity index (χ0v) is 10.0. The SMILES string of the molecule is Cc1cc(I)ccc1OCC(C)N. The van der Waals surface area contributed by atoms with E-state index in [1.54, 1.807) is 0 Å². The molecule has 0 bridgehead atoms. The molecule has 0 radical (unpaired) electrons. The van der Waals surface area contributed by atoms with Crippen molar-refractivity contribution in [2.24, 2.45) is 5.73 Å². The highest BCUT2D eigenvalue weighted by Crippen LogP contribution is 2.19. The van der Waals surface area contributed by atoms with Crippen LogP contribution in [0.2, 0.25) is 0 Å². The van der Waals surface area contributed by atoms with E-state index in [4.69, 9.17) is 10.5 Å². The van der Waals surface area contributed by atoms with Gasteiger partial charge in [-0.1, -0.05) is 0 Å². The van der Waals surface area contributed by atoms with Gasteiger partial charge in [-0.25, -0.2) is 0 Å². The van der Waals surface area contributed by atoms with Gasteiger partial charge in [0.05, 0.1) is 0 Å². The van der Waals surface area contributed by atoms with Gasteiger partial charge in [-0.2, -0.15) is 0 Å². The van der Waals surface area contributed by atoms with Gasteiger partial charge in [-0.3, -0.25) is 0 Å². The minimum atomic E-state index is 0.0821. The molecule has 13 heavy (non-hydrogen) atoms. The molecule has 72 valence electrons. The maximum atomic E-state index is 5.59. The lowest BCUT2D eigenvalue weighted by atomic mass is 10.2. The molecular weight excluding hydrogens is 277 g/mol. The average molecular weight is 291 g/mol. The first-order valence-electron chi connectivity index (χ1n) is 4.24. The molecule has 1 rings (SSSR count). The quantitative estimate of drug-likeness (QED) is 0.867. The molecule has 0 heterocycles. The molecule has 0 fully saturated rings. The maximum absolute atomic E-state index is 5.59. The van der Waals surface area contributed by atoms with Crippen LogP contribution in [-0.4, -0.2) is 12.6 Å². The van der Waals surface area contributed by atoms with Gasteiger partial charge in [0, 0.05) is 9.61 Å². The Balaban J connectivity index is 2.67.